The molecule has 3 heteroatoms. The van der Waals surface area contributed by atoms with Crippen LogP contribution < -0.4 is 0 Å². The molecule has 88 valence electrons. The fourth-order valence-electron chi connectivity index (χ4n) is 1.82. The summed E-state index contributed by atoms with van der Waals surface area (Å²) in [6, 6.07) is 20.1. The highest BCUT2D eigenvalue weighted by Gasteiger charge is 2.15. The molecule has 0 aliphatic rings. The van der Waals surface area contributed by atoms with Crippen LogP contribution in [0.25, 0.3) is 22.6 Å². The van der Waals surface area contributed by atoms with Crippen LogP contribution in [0.1, 0.15) is 0 Å². The Kier molecular flexibility index (Phi) is 3.15. The molecule has 0 N–H and O–H groups in total. The summed E-state index contributed by atoms with van der Waals surface area (Å²) in [5.41, 5.74) is 3.03. The lowest BCUT2D eigenvalue weighted by atomic mass is 10.1. The van der Waals surface area contributed by atoms with Gasteiger partial charge in [0.25, 0.3) is 0 Å². The van der Waals surface area contributed by atoms with Crippen molar-refractivity contribution < 1.29 is 4.52 Å². The average molecular weight is 347 g/mol. The maximum absolute atomic E-state index is 5.48. The molecule has 1 heterocycles. The van der Waals surface area contributed by atoms with Gasteiger partial charge in [0.05, 0.1) is 3.57 Å². The van der Waals surface area contributed by atoms with Crippen molar-refractivity contribution in [3.63, 3.8) is 0 Å². The first kappa shape index (κ1) is 11.5. The van der Waals surface area contributed by atoms with Crippen molar-refractivity contribution in [2.75, 3.05) is 0 Å². The van der Waals surface area contributed by atoms with Crippen LogP contribution >= 0.6 is 22.6 Å². The highest BCUT2D eigenvalue weighted by Crippen LogP contribution is 2.32. The van der Waals surface area contributed by atoms with Gasteiger partial charge in [0.1, 0.15) is 5.69 Å². The lowest BCUT2D eigenvalue weighted by Gasteiger charge is -1.97. The van der Waals surface area contributed by atoms with Crippen molar-refractivity contribution in [2.45, 2.75) is 0 Å². The Hall–Kier alpha value is -1.62. The van der Waals surface area contributed by atoms with Gasteiger partial charge in [-0.2, -0.15) is 0 Å². The number of aromatic nitrogens is 1. The van der Waals surface area contributed by atoms with Gasteiger partial charge in [0, 0.05) is 11.1 Å². The molecule has 2 nitrogen and oxygen atoms in total. The van der Waals surface area contributed by atoms with E-state index in [1.165, 1.54) is 0 Å². The van der Waals surface area contributed by atoms with E-state index < -0.39 is 0 Å². The van der Waals surface area contributed by atoms with E-state index in [4.69, 9.17) is 4.52 Å². The predicted molar refractivity (Wildman–Crippen MR) is 80.1 cm³/mol. The van der Waals surface area contributed by atoms with Gasteiger partial charge in [-0.05, 0) is 22.6 Å². The first-order valence-electron chi connectivity index (χ1n) is 5.62. The van der Waals surface area contributed by atoms with Gasteiger partial charge in [-0.25, -0.2) is 0 Å². The zero-order valence-corrected chi connectivity index (χ0v) is 11.7. The number of hydrogen-bond acceptors (Lipinski definition) is 2. The molecule has 0 aliphatic carbocycles. The minimum Gasteiger partial charge on any atom is -0.354 e. The van der Waals surface area contributed by atoms with E-state index in [1.807, 2.05) is 60.7 Å². The number of rotatable bonds is 2. The van der Waals surface area contributed by atoms with Crippen LogP contribution in [0, 0.1) is 3.57 Å². The minimum atomic E-state index is 0.829. The maximum atomic E-state index is 5.48. The fraction of sp³-hybridized carbons (Fsp3) is 0. The molecule has 0 unspecified atom stereocenters. The van der Waals surface area contributed by atoms with Crippen molar-refractivity contribution in [2.24, 2.45) is 0 Å². The van der Waals surface area contributed by atoms with Gasteiger partial charge in [-0.1, -0.05) is 65.8 Å². The summed E-state index contributed by atoms with van der Waals surface area (Å²) in [6.45, 7) is 0. The Morgan fingerprint density at radius 2 is 1.33 bits per heavy atom. The zero-order valence-electron chi connectivity index (χ0n) is 9.51. The molecule has 0 saturated heterocycles. The van der Waals surface area contributed by atoms with E-state index in [0.29, 0.717) is 0 Å². The third kappa shape index (κ3) is 2.06. The third-order valence-electron chi connectivity index (χ3n) is 2.72. The highest BCUT2D eigenvalue weighted by atomic mass is 127. The van der Waals surface area contributed by atoms with E-state index in [-0.39, 0.29) is 0 Å². The summed E-state index contributed by atoms with van der Waals surface area (Å²) in [6.07, 6.45) is 0. The van der Waals surface area contributed by atoms with Crippen LogP contribution in [-0.4, -0.2) is 5.16 Å². The van der Waals surface area contributed by atoms with Gasteiger partial charge in [0.15, 0.2) is 5.76 Å². The summed E-state index contributed by atoms with van der Waals surface area (Å²) in [7, 11) is 0. The molecule has 18 heavy (non-hydrogen) atoms. The molecule has 0 bridgehead atoms. The summed E-state index contributed by atoms with van der Waals surface area (Å²) in [5.74, 6) is 0.829. The summed E-state index contributed by atoms with van der Waals surface area (Å²) in [4.78, 5) is 0. The highest BCUT2D eigenvalue weighted by molar-refractivity contribution is 14.1. The largest absolute Gasteiger partial charge is 0.354 e. The minimum absolute atomic E-state index is 0.829. The Labute approximate surface area is 119 Å². The maximum Gasteiger partial charge on any atom is 0.180 e. The van der Waals surface area contributed by atoms with Crippen molar-refractivity contribution >= 4 is 22.6 Å². The van der Waals surface area contributed by atoms with Gasteiger partial charge in [0.2, 0.25) is 0 Å². The molecule has 0 amide bonds. The number of halogens is 1. The lowest BCUT2D eigenvalue weighted by Crippen LogP contribution is -1.80. The van der Waals surface area contributed by atoms with Crippen LogP contribution in [0.5, 0.6) is 0 Å². The van der Waals surface area contributed by atoms with E-state index in [2.05, 4.69) is 27.7 Å². The van der Waals surface area contributed by atoms with Crippen molar-refractivity contribution in [3.8, 4) is 22.6 Å². The van der Waals surface area contributed by atoms with Gasteiger partial charge in [-0.15, -0.1) is 0 Å². The molecule has 0 saturated carbocycles. The standard InChI is InChI=1S/C15H10INO/c16-13-14(11-7-3-1-4-8-11)17-18-15(13)12-9-5-2-6-10-12/h1-10H. The lowest BCUT2D eigenvalue weighted by molar-refractivity contribution is 0.434. The average Bonchev–Trinajstić information content (AvgIpc) is 2.83. The molecule has 0 fully saturated rings. The van der Waals surface area contributed by atoms with Crippen LogP contribution in [0.3, 0.4) is 0 Å². The Morgan fingerprint density at radius 1 is 0.778 bits per heavy atom. The quantitative estimate of drug-likeness (QED) is 0.633. The molecule has 0 spiro atoms. The molecule has 3 aromatic rings. The predicted octanol–water partition coefficient (Wildman–Crippen LogP) is 4.61. The zero-order chi connectivity index (χ0) is 12.4. The SMILES string of the molecule is Ic1c(-c2ccccc2)noc1-c1ccccc1. The first-order chi connectivity index (χ1) is 8.86. The van der Waals surface area contributed by atoms with E-state index in [0.717, 1.165) is 26.2 Å². The van der Waals surface area contributed by atoms with E-state index in [9.17, 15) is 0 Å². The third-order valence-corrected chi connectivity index (χ3v) is 3.72. The molecular formula is C15H10INO. The molecule has 0 radical (unpaired) electrons. The Morgan fingerprint density at radius 3 is 1.94 bits per heavy atom. The van der Waals surface area contributed by atoms with Gasteiger partial charge in [-0.3, -0.25) is 0 Å². The van der Waals surface area contributed by atoms with Crippen LogP contribution in [-0.2, 0) is 0 Å². The summed E-state index contributed by atoms with van der Waals surface area (Å²) >= 11 is 2.29. The first-order valence-corrected chi connectivity index (χ1v) is 6.70. The summed E-state index contributed by atoms with van der Waals surface area (Å²) < 4.78 is 6.52. The van der Waals surface area contributed by atoms with Crippen molar-refractivity contribution in [1.29, 1.82) is 0 Å². The normalized spacial score (nSPS) is 10.5. The fourth-order valence-corrected chi connectivity index (χ4v) is 2.64. The van der Waals surface area contributed by atoms with Crippen molar-refractivity contribution in [3.05, 3.63) is 64.2 Å². The molecular weight excluding hydrogens is 337 g/mol. The van der Waals surface area contributed by atoms with Gasteiger partial charge >= 0.3 is 0 Å². The number of nitrogens with zero attached hydrogens (tertiary/aromatic N) is 1. The van der Waals surface area contributed by atoms with Gasteiger partial charge < -0.3 is 4.52 Å². The van der Waals surface area contributed by atoms with E-state index >= 15 is 0 Å². The smallest absolute Gasteiger partial charge is 0.180 e. The number of benzene rings is 2. The molecule has 0 atom stereocenters. The summed E-state index contributed by atoms with van der Waals surface area (Å²) in [5, 5.41) is 4.18. The molecule has 1 aromatic heterocycles. The number of hydrogen-bond donors (Lipinski definition) is 0. The van der Waals surface area contributed by atoms with Crippen molar-refractivity contribution in [1.82, 2.24) is 5.16 Å². The molecule has 0 aliphatic heterocycles. The second-order valence-corrected chi connectivity index (χ2v) is 4.99. The second kappa shape index (κ2) is 4.94. The van der Waals surface area contributed by atoms with E-state index in [1.54, 1.807) is 0 Å². The Bertz CT molecular complexity index is 590. The van der Waals surface area contributed by atoms with Crippen LogP contribution in [0.2, 0.25) is 0 Å². The monoisotopic (exact) mass is 347 g/mol. The second-order valence-electron chi connectivity index (χ2n) is 3.91. The molecule has 3 rings (SSSR count). The topological polar surface area (TPSA) is 26.0 Å². The molecule has 2 aromatic carbocycles. The van der Waals surface area contributed by atoms with Crippen LogP contribution in [0.15, 0.2) is 65.2 Å². The Balaban J connectivity index is 2.09. The van der Waals surface area contributed by atoms with Crippen LogP contribution in [0.4, 0.5) is 0 Å².